The molecule has 6 heteroatoms. The Morgan fingerprint density at radius 2 is 2.00 bits per heavy atom. The van der Waals surface area contributed by atoms with E-state index in [1.807, 2.05) is 24.3 Å². The number of thiophene rings is 1. The third-order valence-corrected chi connectivity index (χ3v) is 4.96. The molecule has 4 nitrogen and oxygen atoms in total. The fraction of sp³-hybridized carbons (Fsp3) is 0.211. The Labute approximate surface area is 149 Å². The van der Waals surface area contributed by atoms with Crippen LogP contribution in [0.1, 0.15) is 22.2 Å². The number of halogens is 1. The molecule has 1 heterocycles. The highest BCUT2D eigenvalue weighted by Gasteiger charge is 2.21. The molecule has 0 amide bonds. The molecule has 3 aromatic rings. The summed E-state index contributed by atoms with van der Waals surface area (Å²) in [6, 6.07) is 12.3. The Kier molecular flexibility index (Phi) is 5.19. The normalized spacial score (nSPS) is 10.7. The molecule has 0 spiro atoms. The lowest BCUT2D eigenvalue weighted by Gasteiger charge is -2.11. The van der Waals surface area contributed by atoms with Crippen molar-refractivity contribution in [3.8, 4) is 5.75 Å². The summed E-state index contributed by atoms with van der Waals surface area (Å²) in [7, 11) is 1.59. The summed E-state index contributed by atoms with van der Waals surface area (Å²) in [4.78, 5) is 12.7. The molecule has 0 fully saturated rings. The van der Waals surface area contributed by atoms with Gasteiger partial charge in [-0.15, -0.1) is 11.3 Å². The van der Waals surface area contributed by atoms with Crippen molar-refractivity contribution in [1.82, 2.24) is 0 Å². The van der Waals surface area contributed by atoms with Gasteiger partial charge in [-0.3, -0.25) is 0 Å². The molecule has 25 heavy (non-hydrogen) atoms. The van der Waals surface area contributed by atoms with Gasteiger partial charge in [0.1, 0.15) is 16.4 Å². The van der Waals surface area contributed by atoms with Crippen LogP contribution < -0.4 is 10.1 Å². The van der Waals surface area contributed by atoms with Crippen molar-refractivity contribution in [3.05, 3.63) is 58.7 Å². The number of hydrogen-bond donors (Lipinski definition) is 1. The van der Waals surface area contributed by atoms with Crippen molar-refractivity contribution in [1.29, 1.82) is 0 Å². The molecular formula is C19H18FNO3S. The molecule has 1 N–H and O–H groups in total. The second kappa shape index (κ2) is 7.53. The van der Waals surface area contributed by atoms with Gasteiger partial charge in [0.2, 0.25) is 0 Å². The fourth-order valence-electron chi connectivity index (χ4n) is 2.67. The van der Waals surface area contributed by atoms with E-state index in [9.17, 15) is 9.18 Å². The van der Waals surface area contributed by atoms with Crippen LogP contribution in [0.3, 0.4) is 0 Å². The maximum atomic E-state index is 14.4. The molecule has 0 saturated heterocycles. The van der Waals surface area contributed by atoms with Crippen molar-refractivity contribution in [3.63, 3.8) is 0 Å². The van der Waals surface area contributed by atoms with Gasteiger partial charge in [-0.1, -0.05) is 18.2 Å². The number of nitrogens with one attached hydrogen (secondary N) is 1. The Balaban J connectivity index is 2.01. The Morgan fingerprint density at radius 1 is 1.20 bits per heavy atom. The van der Waals surface area contributed by atoms with Crippen LogP contribution >= 0.6 is 11.3 Å². The van der Waals surface area contributed by atoms with Crippen molar-refractivity contribution < 1.29 is 18.7 Å². The summed E-state index contributed by atoms with van der Waals surface area (Å²) in [5.74, 6) is -0.0961. The van der Waals surface area contributed by atoms with Gasteiger partial charge in [0.25, 0.3) is 0 Å². The van der Waals surface area contributed by atoms with Gasteiger partial charge in [0.15, 0.2) is 0 Å². The quantitative estimate of drug-likeness (QED) is 0.640. The van der Waals surface area contributed by atoms with E-state index >= 15 is 0 Å². The highest BCUT2D eigenvalue weighted by molar-refractivity contribution is 7.21. The summed E-state index contributed by atoms with van der Waals surface area (Å²) in [6.45, 7) is 2.31. The number of carbonyl (C=O) groups is 1. The number of ether oxygens (including phenoxy) is 2. The van der Waals surface area contributed by atoms with Crippen molar-refractivity contribution in [2.75, 3.05) is 19.0 Å². The monoisotopic (exact) mass is 359 g/mol. The average molecular weight is 359 g/mol. The molecule has 0 unspecified atom stereocenters. The van der Waals surface area contributed by atoms with E-state index in [1.54, 1.807) is 26.2 Å². The number of carbonyl (C=O) groups excluding carboxylic acids is 1. The number of hydrogen-bond acceptors (Lipinski definition) is 5. The number of fused-ring (bicyclic) bond motifs is 1. The van der Waals surface area contributed by atoms with Crippen LogP contribution in [0.4, 0.5) is 10.1 Å². The van der Waals surface area contributed by atoms with Crippen LogP contribution in [0.25, 0.3) is 10.1 Å². The maximum absolute atomic E-state index is 14.4. The van der Waals surface area contributed by atoms with Crippen LogP contribution in [0.2, 0.25) is 0 Å². The fourth-order valence-corrected chi connectivity index (χ4v) is 3.80. The van der Waals surface area contributed by atoms with Gasteiger partial charge >= 0.3 is 5.97 Å². The molecule has 2 aromatic carbocycles. The van der Waals surface area contributed by atoms with E-state index in [0.29, 0.717) is 21.6 Å². The average Bonchev–Trinajstić information content (AvgIpc) is 3.00. The number of para-hydroxylation sites is 2. The van der Waals surface area contributed by atoms with E-state index in [0.717, 1.165) is 10.4 Å². The minimum Gasteiger partial charge on any atom is -0.495 e. The topological polar surface area (TPSA) is 47.6 Å². The molecule has 0 aliphatic heterocycles. The lowest BCUT2D eigenvalue weighted by Crippen LogP contribution is -2.09. The lowest BCUT2D eigenvalue weighted by molar-refractivity contribution is 0.0531. The van der Waals surface area contributed by atoms with Gasteiger partial charge < -0.3 is 14.8 Å². The summed E-state index contributed by atoms with van der Waals surface area (Å²) >= 11 is 1.25. The van der Waals surface area contributed by atoms with Crippen LogP contribution in [0, 0.1) is 5.82 Å². The molecule has 130 valence electrons. The summed E-state index contributed by atoms with van der Waals surface area (Å²) in [6.07, 6.45) is 0. The highest BCUT2D eigenvalue weighted by Crippen LogP contribution is 2.35. The predicted molar refractivity (Wildman–Crippen MR) is 98.1 cm³/mol. The molecule has 3 rings (SSSR count). The summed E-state index contributed by atoms with van der Waals surface area (Å²) < 4.78 is 25.6. The van der Waals surface area contributed by atoms with Crippen LogP contribution in [0.15, 0.2) is 42.5 Å². The van der Waals surface area contributed by atoms with Gasteiger partial charge in [-0.2, -0.15) is 0 Å². The first-order valence-electron chi connectivity index (χ1n) is 7.89. The van der Waals surface area contributed by atoms with Gasteiger partial charge in [-0.05, 0) is 31.2 Å². The zero-order chi connectivity index (χ0) is 17.8. The first-order valence-corrected chi connectivity index (χ1v) is 8.71. The largest absolute Gasteiger partial charge is 0.495 e. The second-order valence-corrected chi connectivity index (χ2v) is 6.35. The minimum atomic E-state index is -0.431. The standard InChI is InChI=1S/C19H18FNO3S/c1-3-24-19(22)18-12(17-13(20)7-6-10-16(17)25-18)11-21-14-8-4-5-9-15(14)23-2/h4-10,21H,3,11H2,1-2H3. The summed E-state index contributed by atoms with van der Waals surface area (Å²) in [5, 5.41) is 3.69. The second-order valence-electron chi connectivity index (χ2n) is 5.30. The molecular weight excluding hydrogens is 341 g/mol. The van der Waals surface area contributed by atoms with E-state index in [2.05, 4.69) is 5.32 Å². The number of esters is 1. The smallest absolute Gasteiger partial charge is 0.348 e. The van der Waals surface area contributed by atoms with Crippen LogP contribution in [0.5, 0.6) is 5.75 Å². The number of anilines is 1. The van der Waals surface area contributed by atoms with Gasteiger partial charge in [0, 0.05) is 22.2 Å². The minimum absolute atomic E-state index is 0.273. The lowest BCUT2D eigenvalue weighted by atomic mass is 10.1. The molecule has 0 aliphatic rings. The van der Waals surface area contributed by atoms with E-state index in [4.69, 9.17) is 9.47 Å². The number of rotatable bonds is 6. The molecule has 0 radical (unpaired) electrons. The maximum Gasteiger partial charge on any atom is 0.348 e. The van der Waals surface area contributed by atoms with E-state index < -0.39 is 5.97 Å². The van der Waals surface area contributed by atoms with Gasteiger partial charge in [-0.25, -0.2) is 9.18 Å². The zero-order valence-corrected chi connectivity index (χ0v) is 14.8. The molecule has 0 atom stereocenters. The van der Waals surface area contributed by atoms with Crippen LogP contribution in [-0.2, 0) is 11.3 Å². The Bertz CT molecular complexity index is 907. The zero-order valence-electron chi connectivity index (χ0n) is 14.0. The predicted octanol–water partition coefficient (Wildman–Crippen LogP) is 4.84. The summed E-state index contributed by atoms with van der Waals surface area (Å²) in [5.41, 5.74) is 1.37. The number of benzene rings is 2. The Hall–Kier alpha value is -2.60. The highest BCUT2D eigenvalue weighted by atomic mass is 32.1. The molecule has 0 aliphatic carbocycles. The van der Waals surface area contributed by atoms with Gasteiger partial charge in [0.05, 0.1) is 19.4 Å². The molecule has 0 bridgehead atoms. The Morgan fingerprint density at radius 3 is 2.76 bits per heavy atom. The first kappa shape index (κ1) is 17.2. The van der Waals surface area contributed by atoms with Crippen molar-refractivity contribution >= 4 is 33.1 Å². The third kappa shape index (κ3) is 3.44. The van der Waals surface area contributed by atoms with Crippen LogP contribution in [-0.4, -0.2) is 19.7 Å². The molecule has 1 aromatic heterocycles. The van der Waals surface area contributed by atoms with E-state index in [1.165, 1.54) is 17.4 Å². The third-order valence-electron chi connectivity index (χ3n) is 3.79. The van der Waals surface area contributed by atoms with Crippen molar-refractivity contribution in [2.45, 2.75) is 13.5 Å². The number of methoxy groups -OCH3 is 1. The van der Waals surface area contributed by atoms with Crippen molar-refractivity contribution in [2.24, 2.45) is 0 Å². The molecule has 0 saturated carbocycles. The van der Waals surface area contributed by atoms with E-state index in [-0.39, 0.29) is 19.0 Å². The SMILES string of the molecule is CCOC(=O)c1sc2cccc(F)c2c1CNc1ccccc1OC. The first-order chi connectivity index (χ1) is 12.2.